The SMILES string of the molecule is NCc1ccc(S(=O)(=O)N2CC=C(C(F)(F)F)CC2)s1. The number of halogens is 3. The fraction of sp³-hybridized carbons (Fsp3) is 0.455. The van der Waals surface area contributed by atoms with Gasteiger partial charge in [0.1, 0.15) is 4.21 Å². The monoisotopic (exact) mass is 326 g/mol. The van der Waals surface area contributed by atoms with Gasteiger partial charge in [0.2, 0.25) is 0 Å². The van der Waals surface area contributed by atoms with Crippen LogP contribution in [0, 0.1) is 0 Å². The predicted octanol–water partition coefficient (Wildman–Crippen LogP) is 2.09. The van der Waals surface area contributed by atoms with E-state index in [1.807, 2.05) is 0 Å². The van der Waals surface area contributed by atoms with Crippen molar-refractivity contribution in [1.82, 2.24) is 4.31 Å². The van der Waals surface area contributed by atoms with Crippen molar-refractivity contribution in [2.24, 2.45) is 5.73 Å². The molecule has 9 heteroatoms. The maximum Gasteiger partial charge on any atom is 0.412 e. The molecule has 2 N–H and O–H groups in total. The molecular weight excluding hydrogens is 313 g/mol. The molecule has 0 atom stereocenters. The van der Waals surface area contributed by atoms with Crippen molar-refractivity contribution in [2.45, 2.75) is 23.4 Å². The molecule has 0 bridgehead atoms. The molecule has 0 aliphatic carbocycles. The Hall–Kier alpha value is -0.900. The van der Waals surface area contributed by atoms with E-state index in [-0.39, 0.29) is 30.3 Å². The zero-order valence-electron chi connectivity index (χ0n) is 10.4. The van der Waals surface area contributed by atoms with Crippen LogP contribution in [0.1, 0.15) is 11.3 Å². The standard InChI is InChI=1S/C11H13F3N2O2S2/c12-11(13,14)8-3-5-16(6-4-8)20(17,18)10-2-1-9(7-15)19-10/h1-3H,4-7,15H2. The lowest BCUT2D eigenvalue weighted by Crippen LogP contribution is -2.36. The quantitative estimate of drug-likeness (QED) is 0.865. The number of nitrogens with zero attached hydrogens (tertiary/aromatic N) is 1. The molecule has 1 aliphatic rings. The molecular formula is C11H13F3N2O2S2. The largest absolute Gasteiger partial charge is 0.412 e. The third-order valence-electron chi connectivity index (χ3n) is 2.97. The van der Waals surface area contributed by atoms with Gasteiger partial charge in [-0.05, 0) is 18.6 Å². The average Bonchev–Trinajstić information content (AvgIpc) is 2.87. The number of nitrogens with two attached hydrogens (primary N) is 1. The lowest BCUT2D eigenvalue weighted by Gasteiger charge is -2.26. The minimum atomic E-state index is -4.38. The van der Waals surface area contributed by atoms with Gasteiger partial charge in [0, 0.05) is 30.1 Å². The molecule has 0 fully saturated rings. The summed E-state index contributed by atoms with van der Waals surface area (Å²) in [5.41, 5.74) is 4.75. The first-order chi connectivity index (χ1) is 9.25. The smallest absolute Gasteiger partial charge is 0.326 e. The van der Waals surface area contributed by atoms with Gasteiger partial charge >= 0.3 is 6.18 Å². The van der Waals surface area contributed by atoms with Gasteiger partial charge in [0.25, 0.3) is 10.0 Å². The summed E-state index contributed by atoms with van der Waals surface area (Å²) in [5, 5.41) is 0. The Balaban J connectivity index is 2.19. The molecule has 0 spiro atoms. The van der Waals surface area contributed by atoms with Gasteiger partial charge in [-0.3, -0.25) is 0 Å². The van der Waals surface area contributed by atoms with Crippen LogP contribution in [0.25, 0.3) is 0 Å². The molecule has 4 nitrogen and oxygen atoms in total. The highest BCUT2D eigenvalue weighted by Gasteiger charge is 2.37. The summed E-state index contributed by atoms with van der Waals surface area (Å²) in [6, 6.07) is 3.05. The Kier molecular flexibility index (Phi) is 4.24. The van der Waals surface area contributed by atoms with E-state index in [0.717, 1.165) is 21.7 Å². The molecule has 0 saturated heterocycles. The minimum absolute atomic E-state index is 0.113. The summed E-state index contributed by atoms with van der Waals surface area (Å²) in [7, 11) is -3.74. The molecule has 1 aliphatic heterocycles. The molecule has 0 radical (unpaired) electrons. The van der Waals surface area contributed by atoms with E-state index >= 15 is 0 Å². The summed E-state index contributed by atoms with van der Waals surface area (Å²) < 4.78 is 63.1. The van der Waals surface area contributed by atoms with Gasteiger partial charge in [0.15, 0.2) is 0 Å². The summed E-state index contributed by atoms with van der Waals surface area (Å²) >= 11 is 1.04. The molecule has 0 unspecified atom stereocenters. The van der Waals surface area contributed by atoms with E-state index in [2.05, 4.69) is 0 Å². The summed E-state index contributed by atoms with van der Waals surface area (Å²) in [6.45, 7) is -0.186. The van der Waals surface area contributed by atoms with Gasteiger partial charge in [-0.1, -0.05) is 6.08 Å². The highest BCUT2D eigenvalue weighted by atomic mass is 32.2. The van der Waals surface area contributed by atoms with Gasteiger partial charge in [-0.2, -0.15) is 17.5 Å². The van der Waals surface area contributed by atoms with Crippen molar-refractivity contribution >= 4 is 21.4 Å². The number of thiophene rings is 1. The topological polar surface area (TPSA) is 63.4 Å². The van der Waals surface area contributed by atoms with Crippen molar-refractivity contribution in [3.63, 3.8) is 0 Å². The van der Waals surface area contributed by atoms with E-state index in [9.17, 15) is 21.6 Å². The Morgan fingerprint density at radius 2 is 2.05 bits per heavy atom. The first-order valence-corrected chi connectivity index (χ1v) is 8.06. The van der Waals surface area contributed by atoms with E-state index in [4.69, 9.17) is 5.73 Å². The molecule has 1 aromatic rings. The molecule has 20 heavy (non-hydrogen) atoms. The molecule has 1 aromatic heterocycles. The Bertz CT molecular complexity index is 620. The van der Waals surface area contributed by atoms with Crippen LogP contribution in [0.15, 0.2) is 28.0 Å². The van der Waals surface area contributed by atoms with Crippen molar-refractivity contribution in [3.05, 3.63) is 28.7 Å². The van der Waals surface area contributed by atoms with E-state index in [1.54, 1.807) is 6.07 Å². The second kappa shape index (κ2) is 5.47. The number of sulfonamides is 1. The van der Waals surface area contributed by atoms with Gasteiger partial charge in [0.05, 0.1) is 0 Å². The highest BCUT2D eigenvalue weighted by Crippen LogP contribution is 2.32. The zero-order valence-corrected chi connectivity index (χ0v) is 12.0. The van der Waals surface area contributed by atoms with E-state index in [1.165, 1.54) is 6.07 Å². The normalized spacial score (nSPS) is 18.1. The minimum Gasteiger partial charge on any atom is -0.326 e. The molecule has 2 rings (SSSR count). The molecule has 0 amide bonds. The van der Waals surface area contributed by atoms with Crippen molar-refractivity contribution < 1.29 is 21.6 Å². The number of hydrogen-bond acceptors (Lipinski definition) is 4. The predicted molar refractivity (Wildman–Crippen MR) is 69.7 cm³/mol. The van der Waals surface area contributed by atoms with Crippen LogP contribution in [0.4, 0.5) is 13.2 Å². The molecule has 2 heterocycles. The van der Waals surface area contributed by atoms with Crippen LogP contribution < -0.4 is 5.73 Å². The lowest BCUT2D eigenvalue weighted by molar-refractivity contribution is -0.0953. The Labute approximate surface area is 118 Å². The second-order valence-electron chi connectivity index (χ2n) is 4.27. The van der Waals surface area contributed by atoms with Crippen LogP contribution in [0.2, 0.25) is 0 Å². The molecule has 0 saturated carbocycles. The maximum atomic E-state index is 12.5. The fourth-order valence-corrected chi connectivity index (χ4v) is 4.63. The first-order valence-electron chi connectivity index (χ1n) is 5.80. The van der Waals surface area contributed by atoms with Crippen molar-refractivity contribution in [3.8, 4) is 0 Å². The molecule has 112 valence electrons. The van der Waals surface area contributed by atoms with Crippen LogP contribution in [-0.4, -0.2) is 32.0 Å². The van der Waals surface area contributed by atoms with Gasteiger partial charge in [-0.25, -0.2) is 8.42 Å². The summed E-state index contributed by atoms with van der Waals surface area (Å²) in [5.74, 6) is 0. The highest BCUT2D eigenvalue weighted by molar-refractivity contribution is 7.91. The zero-order chi connectivity index (χ0) is 15.0. The first kappa shape index (κ1) is 15.5. The maximum absolute atomic E-state index is 12.5. The van der Waals surface area contributed by atoms with E-state index < -0.39 is 21.8 Å². The second-order valence-corrected chi connectivity index (χ2v) is 7.60. The van der Waals surface area contributed by atoms with Crippen LogP contribution in [-0.2, 0) is 16.6 Å². The number of rotatable bonds is 3. The van der Waals surface area contributed by atoms with Crippen LogP contribution in [0.5, 0.6) is 0 Å². The van der Waals surface area contributed by atoms with Gasteiger partial charge < -0.3 is 5.73 Å². The Morgan fingerprint density at radius 3 is 2.50 bits per heavy atom. The van der Waals surface area contributed by atoms with Crippen molar-refractivity contribution in [2.75, 3.05) is 13.1 Å². The van der Waals surface area contributed by atoms with Gasteiger partial charge in [-0.15, -0.1) is 11.3 Å². The Morgan fingerprint density at radius 1 is 1.35 bits per heavy atom. The fourth-order valence-electron chi connectivity index (χ4n) is 1.86. The van der Waals surface area contributed by atoms with Crippen LogP contribution >= 0.6 is 11.3 Å². The number of alkyl halides is 3. The molecule has 0 aromatic carbocycles. The van der Waals surface area contributed by atoms with Crippen molar-refractivity contribution in [1.29, 1.82) is 0 Å². The summed E-state index contributed by atoms with van der Waals surface area (Å²) in [4.78, 5) is 0.715. The number of hydrogen-bond donors (Lipinski definition) is 1. The summed E-state index contributed by atoms with van der Waals surface area (Å²) in [6.07, 6.45) is -3.78. The van der Waals surface area contributed by atoms with E-state index in [0.29, 0.717) is 4.88 Å². The van der Waals surface area contributed by atoms with Crippen LogP contribution in [0.3, 0.4) is 0 Å². The third kappa shape index (κ3) is 3.05. The lowest BCUT2D eigenvalue weighted by atomic mass is 10.1. The third-order valence-corrected chi connectivity index (χ3v) is 6.41. The average molecular weight is 326 g/mol.